The van der Waals surface area contributed by atoms with E-state index in [1.165, 1.54) is 17.2 Å². The summed E-state index contributed by atoms with van der Waals surface area (Å²) in [4.78, 5) is 8.75. The lowest BCUT2D eigenvalue weighted by atomic mass is 9.92. The van der Waals surface area contributed by atoms with Gasteiger partial charge in [0.25, 0.3) is 0 Å². The van der Waals surface area contributed by atoms with Crippen LogP contribution in [0.15, 0.2) is 48.6 Å². The fourth-order valence-electron chi connectivity index (χ4n) is 3.79. The molecule has 0 amide bonds. The Bertz CT molecular complexity index is 970. The topological polar surface area (TPSA) is 61.9 Å². The maximum atomic E-state index is 13.7. The number of benzene rings is 1. The Morgan fingerprint density at radius 3 is 2.48 bits per heavy atom. The molecule has 0 fully saturated rings. The lowest BCUT2D eigenvalue weighted by Gasteiger charge is -2.27. The Morgan fingerprint density at radius 1 is 1.19 bits per heavy atom. The molecule has 0 aliphatic heterocycles. The van der Waals surface area contributed by atoms with E-state index in [-0.39, 0.29) is 17.3 Å². The summed E-state index contributed by atoms with van der Waals surface area (Å²) in [5, 5.41) is 10.0. The minimum Gasteiger partial charge on any atom is -0.365 e. The van der Waals surface area contributed by atoms with Crippen LogP contribution in [-0.2, 0) is 6.42 Å². The van der Waals surface area contributed by atoms with Gasteiger partial charge in [-0.2, -0.15) is 0 Å². The molecule has 0 bridgehead atoms. The second kappa shape index (κ2) is 9.08. The van der Waals surface area contributed by atoms with Crippen molar-refractivity contribution in [2.24, 2.45) is 11.3 Å². The minimum absolute atomic E-state index is 0.0871. The van der Waals surface area contributed by atoms with Crippen LogP contribution >= 0.6 is 0 Å². The molecule has 0 spiro atoms. The molecular formula is C25H34FN5. The van der Waals surface area contributed by atoms with Crippen molar-refractivity contribution in [2.45, 2.75) is 54.0 Å². The van der Waals surface area contributed by atoms with Gasteiger partial charge in [0.1, 0.15) is 5.82 Å². The number of hydrogen-bond donors (Lipinski definition) is 3. The van der Waals surface area contributed by atoms with Gasteiger partial charge < -0.3 is 16.0 Å². The minimum atomic E-state index is -0.195. The first-order chi connectivity index (χ1) is 14.5. The van der Waals surface area contributed by atoms with E-state index in [2.05, 4.69) is 74.0 Å². The van der Waals surface area contributed by atoms with Gasteiger partial charge in [-0.1, -0.05) is 47.3 Å². The maximum Gasteiger partial charge on any atom is 0.222 e. The zero-order chi connectivity index (χ0) is 22.8. The summed E-state index contributed by atoms with van der Waals surface area (Å²) in [5.74, 6) is 1.43. The molecule has 0 saturated carbocycles. The van der Waals surface area contributed by atoms with Gasteiger partial charge in [-0.25, -0.2) is 14.4 Å². The molecule has 5 nitrogen and oxygen atoms in total. The van der Waals surface area contributed by atoms with Gasteiger partial charge in [0.2, 0.25) is 5.95 Å². The Labute approximate surface area is 185 Å². The fraction of sp³-hybridized carbons (Fsp3) is 0.440. The number of allylic oxidation sites excluding steroid dienone is 1. The van der Waals surface area contributed by atoms with Crippen LogP contribution in [0, 0.1) is 17.2 Å². The van der Waals surface area contributed by atoms with E-state index in [0.29, 0.717) is 17.7 Å². The number of halogens is 1. The van der Waals surface area contributed by atoms with Crippen LogP contribution < -0.4 is 16.0 Å². The highest BCUT2D eigenvalue weighted by atomic mass is 19.1. The predicted octanol–water partition coefficient (Wildman–Crippen LogP) is 5.60. The van der Waals surface area contributed by atoms with Crippen LogP contribution in [0.1, 0.15) is 52.7 Å². The zero-order valence-electron chi connectivity index (χ0n) is 19.4. The predicted molar refractivity (Wildman–Crippen MR) is 127 cm³/mol. The third kappa shape index (κ3) is 5.84. The summed E-state index contributed by atoms with van der Waals surface area (Å²) >= 11 is 0. The Morgan fingerprint density at radius 2 is 1.87 bits per heavy atom. The van der Waals surface area contributed by atoms with Crippen molar-refractivity contribution in [1.82, 2.24) is 15.3 Å². The van der Waals surface area contributed by atoms with Crippen LogP contribution in [0.4, 0.5) is 16.0 Å². The molecule has 166 valence electrons. The van der Waals surface area contributed by atoms with Gasteiger partial charge in [0.15, 0.2) is 0 Å². The molecule has 2 aromatic rings. The summed E-state index contributed by atoms with van der Waals surface area (Å²) in [6, 6.07) is 5.14. The standard InChI is InChI=1S/C25H34FN5/c1-15(2)23(22-10-18-8-9-19(26)11-21(18)16(22)3)31-17(4)30-20-12-27-24(28-13-20)29-14-25(5,6)7/h8-9,11-13,15,23,30-31H,4,10,14H2,1-3,5-7H3,(H,27,28,29). The summed E-state index contributed by atoms with van der Waals surface area (Å²) in [6.45, 7) is 17.8. The molecule has 1 unspecified atom stereocenters. The van der Waals surface area contributed by atoms with Crippen molar-refractivity contribution in [2.75, 3.05) is 17.2 Å². The lowest BCUT2D eigenvalue weighted by molar-refractivity contribution is 0.442. The SMILES string of the molecule is C=C(Nc1cnc(NCC(C)(C)C)nc1)NC(C1=C(C)c2cc(F)ccc2C1)C(C)C. The van der Waals surface area contributed by atoms with E-state index in [1.807, 2.05) is 6.07 Å². The van der Waals surface area contributed by atoms with Crippen molar-refractivity contribution in [3.8, 4) is 0 Å². The largest absolute Gasteiger partial charge is 0.365 e. The van der Waals surface area contributed by atoms with E-state index in [9.17, 15) is 4.39 Å². The molecule has 1 aromatic carbocycles. The van der Waals surface area contributed by atoms with Crippen LogP contribution in [0.3, 0.4) is 0 Å². The van der Waals surface area contributed by atoms with Crippen molar-refractivity contribution in [3.63, 3.8) is 0 Å². The summed E-state index contributed by atoms with van der Waals surface area (Å²) in [7, 11) is 0. The molecule has 1 heterocycles. The van der Waals surface area contributed by atoms with E-state index in [0.717, 1.165) is 29.8 Å². The maximum absolute atomic E-state index is 13.7. The van der Waals surface area contributed by atoms with Crippen molar-refractivity contribution < 1.29 is 4.39 Å². The van der Waals surface area contributed by atoms with Gasteiger partial charge >= 0.3 is 0 Å². The Hall–Kier alpha value is -2.89. The molecule has 1 aliphatic rings. The average molecular weight is 424 g/mol. The molecule has 0 radical (unpaired) electrons. The van der Waals surface area contributed by atoms with E-state index < -0.39 is 0 Å². The van der Waals surface area contributed by atoms with Gasteiger partial charge in [-0.05, 0) is 59.1 Å². The van der Waals surface area contributed by atoms with Gasteiger partial charge in [-0.3, -0.25) is 0 Å². The quantitative estimate of drug-likeness (QED) is 0.516. The van der Waals surface area contributed by atoms with Gasteiger partial charge in [0, 0.05) is 6.54 Å². The first-order valence-corrected chi connectivity index (χ1v) is 10.8. The molecule has 0 saturated heterocycles. The summed E-state index contributed by atoms with van der Waals surface area (Å²) < 4.78 is 13.7. The van der Waals surface area contributed by atoms with Gasteiger partial charge in [0.05, 0.1) is 29.9 Å². The van der Waals surface area contributed by atoms with Crippen LogP contribution in [-0.4, -0.2) is 22.6 Å². The smallest absolute Gasteiger partial charge is 0.222 e. The van der Waals surface area contributed by atoms with Crippen molar-refractivity contribution in [1.29, 1.82) is 0 Å². The number of fused-ring (bicyclic) bond motifs is 1. The normalized spacial score (nSPS) is 14.5. The molecular weight excluding hydrogens is 389 g/mol. The highest BCUT2D eigenvalue weighted by molar-refractivity contribution is 5.76. The third-order valence-electron chi connectivity index (χ3n) is 5.43. The first kappa shape index (κ1) is 22.8. The highest BCUT2D eigenvalue weighted by Crippen LogP contribution is 2.36. The summed E-state index contributed by atoms with van der Waals surface area (Å²) in [6.07, 6.45) is 4.31. The molecule has 6 heteroatoms. The number of nitrogens with zero attached hydrogens (tertiary/aromatic N) is 2. The molecule has 1 aromatic heterocycles. The van der Waals surface area contributed by atoms with E-state index in [4.69, 9.17) is 0 Å². The molecule has 3 rings (SSSR count). The molecule has 31 heavy (non-hydrogen) atoms. The van der Waals surface area contributed by atoms with Crippen LogP contribution in [0.2, 0.25) is 0 Å². The monoisotopic (exact) mass is 423 g/mol. The zero-order valence-corrected chi connectivity index (χ0v) is 19.4. The number of nitrogens with one attached hydrogen (secondary N) is 3. The number of rotatable bonds is 8. The summed E-state index contributed by atoms with van der Waals surface area (Å²) in [5.41, 5.74) is 5.52. The van der Waals surface area contributed by atoms with Crippen molar-refractivity contribution in [3.05, 3.63) is 65.5 Å². The molecule has 3 N–H and O–H groups in total. The highest BCUT2D eigenvalue weighted by Gasteiger charge is 2.27. The van der Waals surface area contributed by atoms with E-state index >= 15 is 0 Å². The third-order valence-corrected chi connectivity index (χ3v) is 5.43. The number of anilines is 2. The van der Waals surface area contributed by atoms with E-state index in [1.54, 1.807) is 18.5 Å². The fourth-order valence-corrected chi connectivity index (χ4v) is 3.79. The molecule has 1 aliphatic carbocycles. The lowest BCUT2D eigenvalue weighted by Crippen LogP contribution is -2.37. The Balaban J connectivity index is 1.66. The van der Waals surface area contributed by atoms with Crippen LogP contribution in [0.25, 0.3) is 5.57 Å². The van der Waals surface area contributed by atoms with Crippen molar-refractivity contribution >= 4 is 17.2 Å². The average Bonchev–Trinajstić information content (AvgIpc) is 3.00. The van der Waals surface area contributed by atoms with Gasteiger partial charge in [-0.15, -0.1) is 0 Å². The number of aromatic nitrogens is 2. The van der Waals surface area contributed by atoms with Crippen LogP contribution in [0.5, 0.6) is 0 Å². The molecule has 1 atom stereocenters. The first-order valence-electron chi connectivity index (χ1n) is 10.8. The number of hydrogen-bond acceptors (Lipinski definition) is 5. The Kier molecular flexibility index (Phi) is 6.68. The second-order valence-electron chi connectivity index (χ2n) is 9.81. The second-order valence-corrected chi connectivity index (χ2v) is 9.81.